The Kier molecular flexibility index (Phi) is 6.91. The number of carbonyl (C=O) groups excluding carboxylic acids is 2. The Morgan fingerprint density at radius 1 is 0.971 bits per heavy atom. The van der Waals surface area contributed by atoms with Gasteiger partial charge in [0.1, 0.15) is 11.5 Å². The third kappa shape index (κ3) is 5.08. The van der Waals surface area contributed by atoms with E-state index in [0.717, 1.165) is 5.56 Å². The molecule has 34 heavy (non-hydrogen) atoms. The summed E-state index contributed by atoms with van der Waals surface area (Å²) in [7, 11) is 0. The summed E-state index contributed by atoms with van der Waals surface area (Å²) in [6.45, 7) is 3.57. The summed E-state index contributed by atoms with van der Waals surface area (Å²) >= 11 is 12.0. The quantitative estimate of drug-likeness (QED) is 0.407. The molecule has 1 N–H and O–H groups in total. The largest absolute Gasteiger partial charge is 0.457 e. The van der Waals surface area contributed by atoms with E-state index in [1.807, 2.05) is 37.3 Å². The van der Waals surface area contributed by atoms with Crippen molar-refractivity contribution in [2.45, 2.75) is 20.0 Å². The SMILES string of the molecule is C[C@@H](OC(=O)[C@@]1(C)CN(C(=O)Nc2ccc(Cl)cc2)N=C1c1ccc(Cl)cc1)c1ccccc1. The molecule has 2 atom stereocenters. The van der Waals surface area contributed by atoms with Crippen LogP contribution in [0.15, 0.2) is 84.0 Å². The summed E-state index contributed by atoms with van der Waals surface area (Å²) in [6.07, 6.45) is -0.464. The molecule has 6 nitrogen and oxygen atoms in total. The van der Waals surface area contributed by atoms with E-state index in [1.54, 1.807) is 55.5 Å². The lowest BCUT2D eigenvalue weighted by molar-refractivity contribution is -0.156. The zero-order chi connectivity index (χ0) is 24.3. The van der Waals surface area contributed by atoms with Gasteiger partial charge in [-0.15, -0.1) is 0 Å². The third-order valence-electron chi connectivity index (χ3n) is 5.66. The lowest BCUT2D eigenvalue weighted by atomic mass is 9.82. The number of nitrogens with one attached hydrogen (secondary N) is 1. The fraction of sp³-hybridized carbons (Fsp3) is 0.192. The fourth-order valence-electron chi connectivity index (χ4n) is 3.71. The minimum absolute atomic E-state index is 0.0186. The molecule has 1 aliphatic rings. The number of nitrogens with zero attached hydrogens (tertiary/aromatic N) is 2. The van der Waals surface area contributed by atoms with Crippen molar-refractivity contribution in [2.24, 2.45) is 10.5 Å². The molecule has 0 unspecified atom stereocenters. The van der Waals surface area contributed by atoms with Crippen molar-refractivity contribution in [3.63, 3.8) is 0 Å². The van der Waals surface area contributed by atoms with Crippen molar-refractivity contribution in [1.82, 2.24) is 5.01 Å². The monoisotopic (exact) mass is 495 g/mol. The molecule has 0 radical (unpaired) electrons. The predicted molar refractivity (Wildman–Crippen MR) is 134 cm³/mol. The molecule has 0 saturated carbocycles. The van der Waals surface area contributed by atoms with Gasteiger partial charge in [0.2, 0.25) is 0 Å². The van der Waals surface area contributed by atoms with E-state index in [-0.39, 0.29) is 6.54 Å². The van der Waals surface area contributed by atoms with E-state index in [0.29, 0.717) is 27.0 Å². The number of anilines is 1. The van der Waals surface area contributed by atoms with E-state index in [2.05, 4.69) is 10.4 Å². The van der Waals surface area contributed by atoms with Crippen molar-refractivity contribution >= 4 is 46.6 Å². The average Bonchev–Trinajstić information content (AvgIpc) is 3.20. The zero-order valence-electron chi connectivity index (χ0n) is 18.7. The van der Waals surface area contributed by atoms with Crippen LogP contribution in [-0.2, 0) is 9.53 Å². The molecule has 4 rings (SSSR count). The topological polar surface area (TPSA) is 71.0 Å². The van der Waals surface area contributed by atoms with E-state index in [9.17, 15) is 9.59 Å². The molecule has 3 aromatic carbocycles. The summed E-state index contributed by atoms with van der Waals surface area (Å²) in [6, 6.07) is 22.7. The van der Waals surface area contributed by atoms with E-state index >= 15 is 0 Å². The Morgan fingerprint density at radius 3 is 2.18 bits per heavy atom. The van der Waals surface area contributed by atoms with Gasteiger partial charge in [-0.1, -0.05) is 65.7 Å². The minimum atomic E-state index is -1.19. The highest BCUT2D eigenvalue weighted by molar-refractivity contribution is 6.31. The summed E-state index contributed by atoms with van der Waals surface area (Å²) in [4.78, 5) is 26.4. The van der Waals surface area contributed by atoms with Crippen molar-refractivity contribution in [3.8, 4) is 0 Å². The van der Waals surface area contributed by atoms with Crippen molar-refractivity contribution in [1.29, 1.82) is 0 Å². The number of hydrogen-bond acceptors (Lipinski definition) is 4. The first-order chi connectivity index (χ1) is 16.3. The molecule has 1 aliphatic heterocycles. The van der Waals surface area contributed by atoms with Gasteiger partial charge in [0.05, 0.1) is 12.3 Å². The average molecular weight is 496 g/mol. The summed E-state index contributed by atoms with van der Waals surface area (Å²) in [5.74, 6) is -0.473. The number of carbonyl (C=O) groups is 2. The van der Waals surface area contributed by atoms with Crippen molar-refractivity contribution < 1.29 is 14.3 Å². The van der Waals surface area contributed by atoms with Crippen LogP contribution in [0.25, 0.3) is 0 Å². The number of halogens is 2. The van der Waals surface area contributed by atoms with Gasteiger partial charge in [-0.2, -0.15) is 5.10 Å². The lowest BCUT2D eigenvalue weighted by Crippen LogP contribution is -2.42. The maximum atomic E-state index is 13.5. The summed E-state index contributed by atoms with van der Waals surface area (Å²) in [5.41, 5.74) is 1.36. The Morgan fingerprint density at radius 2 is 1.56 bits per heavy atom. The number of hydrazone groups is 1. The molecule has 8 heteroatoms. The smallest absolute Gasteiger partial charge is 0.342 e. The molecule has 0 fully saturated rings. The standard InChI is InChI=1S/C26H23Cl2N3O3/c1-17(18-6-4-3-5-7-18)34-24(32)26(2)16-31(25(33)29-22-14-12-21(28)13-15-22)30-23(26)19-8-10-20(27)11-9-19/h3-15,17H,16H2,1-2H3,(H,29,33)/t17-,26+/m1/s1. The highest BCUT2D eigenvalue weighted by Gasteiger charge is 2.49. The molecule has 1 heterocycles. The molecule has 174 valence electrons. The molecular weight excluding hydrogens is 473 g/mol. The third-order valence-corrected chi connectivity index (χ3v) is 6.16. The van der Waals surface area contributed by atoms with E-state index in [1.165, 1.54) is 5.01 Å². The first kappa shape index (κ1) is 23.8. The van der Waals surface area contributed by atoms with Gasteiger partial charge >= 0.3 is 12.0 Å². The van der Waals surface area contributed by atoms with Crippen LogP contribution in [0.3, 0.4) is 0 Å². The van der Waals surface area contributed by atoms with Gasteiger partial charge in [-0.3, -0.25) is 4.79 Å². The molecule has 0 bridgehead atoms. The van der Waals surface area contributed by atoms with Crippen molar-refractivity contribution in [2.75, 3.05) is 11.9 Å². The lowest BCUT2D eigenvalue weighted by Gasteiger charge is -2.26. The Balaban J connectivity index is 1.61. The van der Waals surface area contributed by atoms with Crippen LogP contribution in [0.2, 0.25) is 10.0 Å². The van der Waals surface area contributed by atoms with Gasteiger partial charge in [-0.05, 0) is 61.4 Å². The van der Waals surface area contributed by atoms with Gasteiger partial charge in [0.25, 0.3) is 0 Å². The predicted octanol–water partition coefficient (Wildman–Crippen LogP) is 6.56. The van der Waals surface area contributed by atoms with Gasteiger partial charge in [-0.25, -0.2) is 9.80 Å². The Bertz CT molecular complexity index is 1210. The number of rotatable bonds is 5. The highest BCUT2D eigenvalue weighted by Crippen LogP contribution is 2.35. The Hall–Kier alpha value is -3.35. The van der Waals surface area contributed by atoms with Crippen LogP contribution in [-0.4, -0.2) is 29.3 Å². The number of hydrogen-bond donors (Lipinski definition) is 1. The summed E-state index contributed by atoms with van der Waals surface area (Å²) in [5, 5.41) is 9.67. The summed E-state index contributed by atoms with van der Waals surface area (Å²) < 4.78 is 5.84. The second-order valence-corrected chi connectivity index (χ2v) is 9.11. The molecule has 2 amide bonds. The second kappa shape index (κ2) is 9.87. The molecule has 0 saturated heterocycles. The van der Waals surface area contributed by atoms with Gasteiger partial charge < -0.3 is 10.1 Å². The number of benzene rings is 3. The molecule has 3 aromatic rings. The first-order valence-corrected chi connectivity index (χ1v) is 11.5. The van der Waals surface area contributed by atoms with Gasteiger partial charge in [0.15, 0.2) is 0 Å². The van der Waals surface area contributed by atoms with E-state index < -0.39 is 23.5 Å². The van der Waals surface area contributed by atoms with Crippen molar-refractivity contribution in [3.05, 3.63) is 100 Å². The van der Waals surface area contributed by atoms with Crippen LogP contribution >= 0.6 is 23.2 Å². The minimum Gasteiger partial charge on any atom is -0.457 e. The number of esters is 1. The fourth-order valence-corrected chi connectivity index (χ4v) is 3.96. The van der Waals surface area contributed by atoms with Gasteiger partial charge in [0, 0.05) is 15.7 Å². The maximum absolute atomic E-state index is 13.5. The van der Waals surface area contributed by atoms with Crippen LogP contribution in [0.4, 0.5) is 10.5 Å². The normalized spacial score (nSPS) is 18.2. The first-order valence-electron chi connectivity index (χ1n) is 10.7. The van der Waals surface area contributed by atoms with Crippen LogP contribution in [0, 0.1) is 5.41 Å². The molecule has 0 aliphatic carbocycles. The molecule has 0 aromatic heterocycles. The maximum Gasteiger partial charge on any atom is 0.342 e. The Labute approximate surface area is 208 Å². The number of amides is 2. The number of urea groups is 1. The zero-order valence-corrected chi connectivity index (χ0v) is 20.2. The highest BCUT2D eigenvalue weighted by atomic mass is 35.5. The molecule has 0 spiro atoms. The van der Waals surface area contributed by atoms with Crippen LogP contribution in [0.5, 0.6) is 0 Å². The van der Waals surface area contributed by atoms with E-state index in [4.69, 9.17) is 27.9 Å². The number of ether oxygens (including phenoxy) is 1. The molecular formula is C26H23Cl2N3O3. The van der Waals surface area contributed by atoms with Crippen LogP contribution in [0.1, 0.15) is 31.1 Å². The second-order valence-electron chi connectivity index (χ2n) is 8.24. The van der Waals surface area contributed by atoms with Crippen LogP contribution < -0.4 is 5.32 Å².